The maximum atomic E-state index is 9.07. The Morgan fingerprint density at radius 1 is 1.05 bits per heavy atom. The summed E-state index contributed by atoms with van der Waals surface area (Å²) in [6, 6.07) is 10.4. The quantitative estimate of drug-likeness (QED) is 0.923. The van der Waals surface area contributed by atoms with Crippen LogP contribution in [0.25, 0.3) is 10.9 Å². The Bertz CT molecular complexity index is 567. The minimum Gasteiger partial charge on any atom is -0.395 e. The molecule has 1 saturated heterocycles. The molecule has 3 rings (SSSR count). The van der Waals surface area contributed by atoms with Crippen LogP contribution in [0.3, 0.4) is 0 Å². The van der Waals surface area contributed by atoms with Crippen molar-refractivity contribution in [3.05, 3.63) is 36.5 Å². The van der Waals surface area contributed by atoms with Crippen LogP contribution < -0.4 is 4.90 Å². The summed E-state index contributed by atoms with van der Waals surface area (Å²) in [5, 5.41) is 10.3. The maximum Gasteiger partial charge on any atom is 0.0722 e. The maximum absolute atomic E-state index is 9.07. The van der Waals surface area contributed by atoms with E-state index in [2.05, 4.69) is 39.0 Å². The summed E-state index contributed by atoms with van der Waals surface area (Å²) in [6.45, 7) is 5.18. The van der Waals surface area contributed by atoms with Gasteiger partial charge in [-0.25, -0.2) is 0 Å². The highest BCUT2D eigenvalue weighted by Gasteiger charge is 2.16. The topological polar surface area (TPSA) is 39.6 Å². The van der Waals surface area contributed by atoms with E-state index in [0.717, 1.165) is 44.7 Å². The summed E-state index contributed by atoms with van der Waals surface area (Å²) in [4.78, 5) is 9.22. The van der Waals surface area contributed by atoms with Gasteiger partial charge in [0.05, 0.1) is 12.1 Å². The lowest BCUT2D eigenvalue weighted by Gasteiger charge is -2.24. The Hall–Kier alpha value is -1.65. The van der Waals surface area contributed by atoms with Crippen molar-refractivity contribution in [1.82, 2.24) is 9.88 Å². The lowest BCUT2D eigenvalue weighted by Crippen LogP contribution is -2.32. The van der Waals surface area contributed by atoms with Crippen LogP contribution in [-0.2, 0) is 0 Å². The molecule has 0 saturated carbocycles. The third-order valence-corrected chi connectivity index (χ3v) is 3.97. The molecule has 20 heavy (non-hydrogen) atoms. The number of nitrogens with zero attached hydrogens (tertiary/aromatic N) is 3. The van der Waals surface area contributed by atoms with Gasteiger partial charge in [-0.05, 0) is 25.1 Å². The van der Waals surface area contributed by atoms with Crippen molar-refractivity contribution in [2.75, 3.05) is 44.2 Å². The molecule has 1 aliphatic heterocycles. The molecule has 4 heteroatoms. The predicted molar refractivity (Wildman–Crippen MR) is 82.1 cm³/mol. The Labute approximate surface area is 119 Å². The van der Waals surface area contributed by atoms with Gasteiger partial charge >= 0.3 is 0 Å². The summed E-state index contributed by atoms with van der Waals surface area (Å²) in [5.74, 6) is 0. The highest BCUT2D eigenvalue weighted by Crippen LogP contribution is 2.25. The van der Waals surface area contributed by atoms with Crippen LogP contribution in [0.1, 0.15) is 6.42 Å². The van der Waals surface area contributed by atoms with E-state index in [9.17, 15) is 0 Å². The van der Waals surface area contributed by atoms with Crippen molar-refractivity contribution in [2.45, 2.75) is 6.42 Å². The second kappa shape index (κ2) is 6.20. The fraction of sp³-hybridized carbons (Fsp3) is 0.438. The number of hydrogen-bond acceptors (Lipinski definition) is 4. The van der Waals surface area contributed by atoms with Crippen molar-refractivity contribution in [2.24, 2.45) is 0 Å². The van der Waals surface area contributed by atoms with E-state index in [-0.39, 0.29) is 6.61 Å². The first-order chi connectivity index (χ1) is 9.88. The van der Waals surface area contributed by atoms with E-state index in [0.29, 0.717) is 0 Å². The second-order valence-electron chi connectivity index (χ2n) is 5.25. The molecule has 0 aliphatic carbocycles. The van der Waals surface area contributed by atoms with Crippen molar-refractivity contribution < 1.29 is 5.11 Å². The summed E-state index contributed by atoms with van der Waals surface area (Å²) >= 11 is 0. The molecular formula is C16H21N3O. The van der Waals surface area contributed by atoms with Crippen LogP contribution >= 0.6 is 0 Å². The van der Waals surface area contributed by atoms with E-state index < -0.39 is 0 Å². The number of fused-ring (bicyclic) bond motifs is 1. The zero-order valence-electron chi connectivity index (χ0n) is 11.7. The van der Waals surface area contributed by atoms with Gasteiger partial charge in [0.1, 0.15) is 0 Å². The normalized spacial score (nSPS) is 17.4. The Balaban J connectivity index is 1.84. The molecule has 0 unspecified atom stereocenters. The molecule has 1 N–H and O–H groups in total. The van der Waals surface area contributed by atoms with Gasteiger partial charge in [0.2, 0.25) is 0 Å². The monoisotopic (exact) mass is 271 g/mol. The summed E-state index contributed by atoms with van der Waals surface area (Å²) in [5.41, 5.74) is 2.34. The summed E-state index contributed by atoms with van der Waals surface area (Å²) in [6.07, 6.45) is 3.03. The van der Waals surface area contributed by atoms with Gasteiger partial charge in [-0.15, -0.1) is 0 Å². The molecule has 2 heterocycles. The minimum absolute atomic E-state index is 0.248. The Morgan fingerprint density at radius 3 is 2.85 bits per heavy atom. The van der Waals surface area contributed by atoms with Crippen LogP contribution in [0, 0.1) is 0 Å². The van der Waals surface area contributed by atoms with Crippen LogP contribution in [0.15, 0.2) is 36.5 Å². The average Bonchev–Trinajstić information content (AvgIpc) is 2.73. The molecule has 106 valence electrons. The van der Waals surface area contributed by atoms with E-state index in [1.807, 2.05) is 12.3 Å². The SMILES string of the molecule is OCCN1CCCN(c2ccnc3ccccc23)CC1. The van der Waals surface area contributed by atoms with Gasteiger partial charge in [-0.3, -0.25) is 9.88 Å². The Morgan fingerprint density at radius 2 is 1.95 bits per heavy atom. The zero-order chi connectivity index (χ0) is 13.8. The molecule has 1 fully saturated rings. The van der Waals surface area contributed by atoms with Gasteiger partial charge in [0, 0.05) is 43.4 Å². The highest BCUT2D eigenvalue weighted by atomic mass is 16.3. The van der Waals surface area contributed by atoms with Crippen LogP contribution in [-0.4, -0.2) is 54.3 Å². The summed E-state index contributed by atoms with van der Waals surface area (Å²) in [7, 11) is 0. The van der Waals surface area contributed by atoms with Crippen molar-refractivity contribution in [1.29, 1.82) is 0 Å². The number of aliphatic hydroxyl groups is 1. The van der Waals surface area contributed by atoms with Gasteiger partial charge < -0.3 is 10.0 Å². The molecule has 1 aliphatic rings. The van der Waals surface area contributed by atoms with Gasteiger partial charge in [0.25, 0.3) is 0 Å². The number of aromatic nitrogens is 1. The number of benzene rings is 1. The van der Waals surface area contributed by atoms with Gasteiger partial charge in [0.15, 0.2) is 0 Å². The predicted octanol–water partition coefficient (Wildman–Crippen LogP) is 1.74. The highest BCUT2D eigenvalue weighted by molar-refractivity contribution is 5.91. The first-order valence-corrected chi connectivity index (χ1v) is 7.30. The number of rotatable bonds is 3. The molecular weight excluding hydrogens is 250 g/mol. The van der Waals surface area contributed by atoms with Crippen molar-refractivity contribution in [3.8, 4) is 0 Å². The van der Waals surface area contributed by atoms with E-state index >= 15 is 0 Å². The number of aliphatic hydroxyl groups excluding tert-OH is 1. The molecule has 1 aromatic carbocycles. The molecule has 4 nitrogen and oxygen atoms in total. The fourth-order valence-corrected chi connectivity index (χ4v) is 2.93. The zero-order valence-corrected chi connectivity index (χ0v) is 11.7. The van der Waals surface area contributed by atoms with Gasteiger partial charge in [-0.1, -0.05) is 18.2 Å². The lowest BCUT2D eigenvalue weighted by atomic mass is 10.1. The van der Waals surface area contributed by atoms with E-state index in [1.54, 1.807) is 0 Å². The third kappa shape index (κ3) is 2.76. The molecule has 1 aromatic heterocycles. The average molecular weight is 271 g/mol. The number of hydrogen-bond donors (Lipinski definition) is 1. The van der Waals surface area contributed by atoms with Crippen LogP contribution in [0.2, 0.25) is 0 Å². The molecule has 0 spiro atoms. The number of β-amino-alcohol motifs (C(OH)–C–C–N with tert-alkyl or cyclic N) is 1. The van der Waals surface area contributed by atoms with Crippen LogP contribution in [0.4, 0.5) is 5.69 Å². The Kier molecular flexibility index (Phi) is 4.14. The number of pyridine rings is 1. The first-order valence-electron chi connectivity index (χ1n) is 7.30. The molecule has 0 amide bonds. The summed E-state index contributed by atoms with van der Waals surface area (Å²) < 4.78 is 0. The molecule has 2 aromatic rings. The standard InChI is InChI=1S/C16H21N3O/c20-13-12-18-8-3-9-19(11-10-18)16-6-7-17-15-5-2-1-4-14(15)16/h1-2,4-7,20H,3,8-13H2. The molecule has 0 atom stereocenters. The molecule has 0 bridgehead atoms. The minimum atomic E-state index is 0.248. The first kappa shape index (κ1) is 13.3. The number of para-hydroxylation sites is 1. The largest absolute Gasteiger partial charge is 0.395 e. The lowest BCUT2D eigenvalue weighted by molar-refractivity contribution is 0.204. The van der Waals surface area contributed by atoms with Crippen molar-refractivity contribution >= 4 is 16.6 Å². The molecule has 0 radical (unpaired) electrons. The van der Waals surface area contributed by atoms with Gasteiger partial charge in [-0.2, -0.15) is 0 Å². The third-order valence-electron chi connectivity index (χ3n) is 3.97. The van der Waals surface area contributed by atoms with Crippen molar-refractivity contribution in [3.63, 3.8) is 0 Å². The smallest absolute Gasteiger partial charge is 0.0722 e. The fourth-order valence-electron chi connectivity index (χ4n) is 2.93. The number of anilines is 1. The van der Waals surface area contributed by atoms with E-state index in [4.69, 9.17) is 5.11 Å². The second-order valence-corrected chi connectivity index (χ2v) is 5.25. The van der Waals surface area contributed by atoms with Crippen LogP contribution in [0.5, 0.6) is 0 Å². The van der Waals surface area contributed by atoms with E-state index in [1.165, 1.54) is 11.1 Å².